The minimum atomic E-state index is -0.584. The highest BCUT2D eigenvalue weighted by Gasteiger charge is 2.12. The van der Waals surface area contributed by atoms with E-state index in [1.54, 1.807) is 23.7 Å². The van der Waals surface area contributed by atoms with Gasteiger partial charge in [0.15, 0.2) is 4.96 Å². The van der Waals surface area contributed by atoms with Gasteiger partial charge >= 0.3 is 0 Å². The number of pyridine rings is 1. The lowest BCUT2D eigenvalue weighted by Gasteiger charge is -2.08. The van der Waals surface area contributed by atoms with Crippen molar-refractivity contribution in [2.75, 3.05) is 0 Å². The molecule has 6 heteroatoms. The van der Waals surface area contributed by atoms with Gasteiger partial charge in [-0.25, -0.2) is 4.98 Å². The van der Waals surface area contributed by atoms with E-state index in [9.17, 15) is 5.11 Å². The molecule has 0 fully saturated rings. The Labute approximate surface area is 116 Å². The molecule has 3 rings (SSSR count). The average Bonchev–Trinajstić information content (AvgIpc) is 2.89. The van der Waals surface area contributed by atoms with Gasteiger partial charge in [0, 0.05) is 46.6 Å². The predicted molar refractivity (Wildman–Crippen MR) is 73.7 cm³/mol. The fourth-order valence-corrected chi connectivity index (χ4v) is 2.90. The summed E-state index contributed by atoms with van der Waals surface area (Å²) in [5.41, 5.74) is 1.68. The molecule has 18 heavy (non-hydrogen) atoms. The molecule has 3 aromatic rings. The fourth-order valence-electron chi connectivity index (χ4n) is 1.80. The van der Waals surface area contributed by atoms with Crippen molar-refractivity contribution >= 4 is 32.2 Å². The summed E-state index contributed by atoms with van der Waals surface area (Å²) in [4.78, 5) is 9.45. The third-order valence-electron chi connectivity index (χ3n) is 2.66. The molecule has 0 bridgehead atoms. The number of thiazole rings is 1. The van der Waals surface area contributed by atoms with Crippen molar-refractivity contribution in [3.8, 4) is 0 Å². The van der Waals surface area contributed by atoms with E-state index in [0.29, 0.717) is 6.42 Å². The number of hydrogen-bond acceptors (Lipinski definition) is 4. The molecule has 0 saturated carbocycles. The third-order valence-corrected chi connectivity index (χ3v) is 3.86. The largest absolute Gasteiger partial charge is 0.388 e. The van der Waals surface area contributed by atoms with Crippen LogP contribution in [0.3, 0.4) is 0 Å². The Morgan fingerprint density at radius 3 is 3.11 bits per heavy atom. The van der Waals surface area contributed by atoms with Crippen LogP contribution in [0.15, 0.2) is 40.7 Å². The Hall–Kier alpha value is -1.24. The van der Waals surface area contributed by atoms with Gasteiger partial charge in [-0.15, -0.1) is 11.3 Å². The topological polar surface area (TPSA) is 50.4 Å². The molecule has 0 aliphatic carbocycles. The van der Waals surface area contributed by atoms with Crippen LogP contribution in [0.25, 0.3) is 4.96 Å². The normalized spacial score (nSPS) is 13.0. The summed E-state index contributed by atoms with van der Waals surface area (Å²) in [5.74, 6) is 0. The maximum absolute atomic E-state index is 10.2. The summed E-state index contributed by atoms with van der Waals surface area (Å²) in [6.07, 6.45) is 7.19. The zero-order chi connectivity index (χ0) is 12.5. The van der Waals surface area contributed by atoms with Crippen LogP contribution in [-0.4, -0.2) is 19.5 Å². The van der Waals surface area contributed by atoms with Crippen LogP contribution in [0.1, 0.15) is 17.4 Å². The number of hydrogen-bond donors (Lipinski definition) is 1. The number of aliphatic hydroxyl groups excluding tert-OH is 1. The molecule has 3 heterocycles. The first-order chi connectivity index (χ1) is 8.72. The molecule has 0 amide bonds. The van der Waals surface area contributed by atoms with Gasteiger partial charge in [0.05, 0.1) is 11.8 Å². The zero-order valence-corrected chi connectivity index (χ0v) is 11.7. The molecule has 0 aliphatic heterocycles. The van der Waals surface area contributed by atoms with Gasteiger partial charge in [-0.3, -0.25) is 9.38 Å². The number of nitrogens with zero attached hydrogens (tertiary/aromatic N) is 3. The van der Waals surface area contributed by atoms with Crippen LogP contribution >= 0.6 is 27.3 Å². The first kappa shape index (κ1) is 11.8. The first-order valence-electron chi connectivity index (χ1n) is 5.42. The molecule has 4 nitrogen and oxygen atoms in total. The minimum Gasteiger partial charge on any atom is -0.388 e. The molecule has 0 aromatic carbocycles. The lowest BCUT2D eigenvalue weighted by Crippen LogP contribution is -2.02. The molecule has 1 atom stereocenters. The number of rotatable bonds is 3. The molecule has 3 aromatic heterocycles. The van der Waals surface area contributed by atoms with Gasteiger partial charge in [-0.05, 0) is 22.0 Å². The van der Waals surface area contributed by atoms with Gasteiger partial charge < -0.3 is 5.11 Å². The molecule has 0 radical (unpaired) electrons. The molecule has 92 valence electrons. The van der Waals surface area contributed by atoms with Gasteiger partial charge in [0.25, 0.3) is 0 Å². The quantitative estimate of drug-likeness (QED) is 0.806. The summed E-state index contributed by atoms with van der Waals surface area (Å²) in [7, 11) is 0. The smallest absolute Gasteiger partial charge is 0.193 e. The standard InChI is InChI=1S/C12H10BrN3OS/c13-9-3-8(5-14-6-9)11(17)4-10-7-16-1-2-18-12(16)15-10/h1-3,5-7,11,17H,4H2. The van der Waals surface area contributed by atoms with E-state index < -0.39 is 6.10 Å². The van der Waals surface area contributed by atoms with Crippen molar-refractivity contribution < 1.29 is 5.11 Å². The number of aromatic nitrogens is 3. The van der Waals surface area contributed by atoms with Crippen LogP contribution in [0.5, 0.6) is 0 Å². The number of imidazole rings is 1. The van der Waals surface area contributed by atoms with Crippen molar-refractivity contribution in [2.45, 2.75) is 12.5 Å². The van der Waals surface area contributed by atoms with Gasteiger partial charge in [0.2, 0.25) is 0 Å². The van der Waals surface area contributed by atoms with Crippen LogP contribution < -0.4 is 0 Å². The van der Waals surface area contributed by atoms with E-state index >= 15 is 0 Å². The predicted octanol–water partition coefficient (Wildman–Crippen LogP) is 2.83. The van der Waals surface area contributed by atoms with E-state index in [2.05, 4.69) is 25.9 Å². The summed E-state index contributed by atoms with van der Waals surface area (Å²) >= 11 is 4.93. The molecule has 0 aliphatic rings. The Morgan fingerprint density at radius 1 is 1.44 bits per heavy atom. The van der Waals surface area contributed by atoms with Gasteiger partial charge in [-0.1, -0.05) is 0 Å². The van der Waals surface area contributed by atoms with Crippen molar-refractivity contribution in [2.24, 2.45) is 0 Å². The van der Waals surface area contributed by atoms with Crippen LogP contribution in [-0.2, 0) is 6.42 Å². The Kier molecular flexibility index (Phi) is 3.15. The summed E-state index contributed by atoms with van der Waals surface area (Å²) < 4.78 is 2.83. The fraction of sp³-hybridized carbons (Fsp3) is 0.167. The second-order valence-electron chi connectivity index (χ2n) is 3.98. The summed E-state index contributed by atoms with van der Waals surface area (Å²) in [6.45, 7) is 0. The second-order valence-corrected chi connectivity index (χ2v) is 5.77. The maximum Gasteiger partial charge on any atom is 0.193 e. The SMILES string of the molecule is OC(Cc1cn2ccsc2n1)c1cncc(Br)c1. The summed E-state index contributed by atoms with van der Waals surface area (Å²) in [6, 6.07) is 1.87. The van der Waals surface area contributed by atoms with E-state index in [4.69, 9.17) is 0 Å². The Bertz CT molecular complexity index is 650. The van der Waals surface area contributed by atoms with E-state index in [1.807, 2.05) is 28.2 Å². The van der Waals surface area contributed by atoms with Gasteiger partial charge in [0.1, 0.15) is 0 Å². The molecular formula is C12H10BrN3OS. The van der Waals surface area contributed by atoms with E-state index in [1.165, 1.54) is 0 Å². The van der Waals surface area contributed by atoms with E-state index in [0.717, 1.165) is 20.7 Å². The Balaban J connectivity index is 1.81. The van der Waals surface area contributed by atoms with Crippen LogP contribution in [0, 0.1) is 0 Å². The van der Waals surface area contributed by atoms with Crippen LogP contribution in [0.2, 0.25) is 0 Å². The highest BCUT2D eigenvalue weighted by molar-refractivity contribution is 9.10. The number of fused-ring (bicyclic) bond motifs is 1. The van der Waals surface area contributed by atoms with Crippen molar-refractivity contribution in [3.05, 3.63) is 52.0 Å². The minimum absolute atomic E-state index is 0.493. The molecule has 1 N–H and O–H groups in total. The third kappa shape index (κ3) is 2.31. The highest BCUT2D eigenvalue weighted by atomic mass is 79.9. The average molecular weight is 324 g/mol. The number of aliphatic hydroxyl groups is 1. The maximum atomic E-state index is 10.2. The second kappa shape index (κ2) is 4.79. The molecule has 0 spiro atoms. The molecule has 1 unspecified atom stereocenters. The summed E-state index contributed by atoms with van der Waals surface area (Å²) in [5, 5.41) is 12.1. The van der Waals surface area contributed by atoms with Crippen molar-refractivity contribution in [3.63, 3.8) is 0 Å². The van der Waals surface area contributed by atoms with Crippen LogP contribution in [0.4, 0.5) is 0 Å². The lowest BCUT2D eigenvalue weighted by atomic mass is 10.1. The molecule has 0 saturated heterocycles. The zero-order valence-electron chi connectivity index (χ0n) is 9.32. The van der Waals surface area contributed by atoms with Gasteiger partial charge in [-0.2, -0.15) is 0 Å². The molecular weight excluding hydrogens is 314 g/mol. The van der Waals surface area contributed by atoms with E-state index in [-0.39, 0.29) is 0 Å². The Morgan fingerprint density at radius 2 is 2.33 bits per heavy atom. The van der Waals surface area contributed by atoms with Crippen molar-refractivity contribution in [1.82, 2.24) is 14.4 Å². The number of halogens is 1. The highest BCUT2D eigenvalue weighted by Crippen LogP contribution is 2.21. The first-order valence-corrected chi connectivity index (χ1v) is 7.09. The monoisotopic (exact) mass is 323 g/mol. The van der Waals surface area contributed by atoms with Crippen molar-refractivity contribution in [1.29, 1.82) is 0 Å². The lowest BCUT2D eigenvalue weighted by molar-refractivity contribution is 0.177.